The molecule has 3 N–H and O–H groups in total. The van der Waals surface area contributed by atoms with Crippen LogP contribution >= 0.6 is 12.4 Å². The molecule has 8 heteroatoms. The molecule has 1 saturated heterocycles. The first kappa shape index (κ1) is 19.6. The zero-order valence-corrected chi connectivity index (χ0v) is 16.1. The highest BCUT2D eigenvalue weighted by molar-refractivity contribution is 5.95. The molecule has 2 unspecified atom stereocenters. The first-order valence-corrected chi connectivity index (χ1v) is 8.91. The number of benzene rings is 1. The number of hydrogen-bond donors (Lipinski definition) is 2. The zero-order valence-electron chi connectivity index (χ0n) is 15.2. The Bertz CT molecular complexity index is 977. The van der Waals surface area contributed by atoms with Crippen LogP contribution in [0.4, 0.5) is 10.1 Å². The number of aromatic nitrogens is 1. The molecule has 0 radical (unpaired) electrons. The number of hydrogen-bond acceptors (Lipinski definition) is 4. The quantitative estimate of drug-likeness (QED) is 0.834. The van der Waals surface area contributed by atoms with E-state index in [1.165, 1.54) is 6.20 Å². The second-order valence-corrected chi connectivity index (χ2v) is 7.59. The van der Waals surface area contributed by atoms with Crippen molar-refractivity contribution in [3.63, 3.8) is 0 Å². The Kier molecular flexibility index (Phi) is 4.94. The summed E-state index contributed by atoms with van der Waals surface area (Å²) in [6, 6.07) is 1.83. The van der Waals surface area contributed by atoms with Gasteiger partial charge in [0.1, 0.15) is 11.4 Å². The van der Waals surface area contributed by atoms with Gasteiger partial charge in [-0.3, -0.25) is 4.79 Å². The number of nitrogens with two attached hydrogens (primary N) is 1. The second-order valence-electron chi connectivity index (χ2n) is 7.59. The molecule has 0 bridgehead atoms. The Morgan fingerprint density at radius 1 is 1.33 bits per heavy atom. The van der Waals surface area contributed by atoms with E-state index in [4.69, 9.17) is 5.73 Å². The van der Waals surface area contributed by atoms with Crippen LogP contribution in [0.3, 0.4) is 0 Å². The number of halogens is 2. The molecule has 1 saturated carbocycles. The molecule has 2 heterocycles. The van der Waals surface area contributed by atoms with E-state index in [1.807, 2.05) is 16.4 Å². The molecule has 1 aliphatic heterocycles. The Morgan fingerprint density at radius 2 is 2.00 bits per heavy atom. The van der Waals surface area contributed by atoms with Gasteiger partial charge in [-0.2, -0.15) is 0 Å². The third kappa shape index (κ3) is 3.08. The minimum Gasteiger partial charge on any atom is -0.477 e. The number of fused-ring (bicyclic) bond motifs is 1. The molecule has 2 aromatic rings. The lowest BCUT2D eigenvalue weighted by Crippen LogP contribution is -2.29. The SMILES string of the molecule is Cc1c(F)c(N2CC(C)C(N)C2)cc2c1c(=O)c(C(=O)O)cn2C1CC1.Cl. The van der Waals surface area contributed by atoms with Crippen LogP contribution in [-0.4, -0.2) is 34.8 Å². The molecule has 1 aliphatic carbocycles. The van der Waals surface area contributed by atoms with Crippen molar-refractivity contribution in [2.75, 3.05) is 18.0 Å². The largest absolute Gasteiger partial charge is 0.477 e. The number of carboxylic acids is 1. The maximum atomic E-state index is 15.1. The molecule has 1 aromatic carbocycles. The number of carbonyl (C=O) groups is 1. The van der Waals surface area contributed by atoms with Crippen LogP contribution in [0, 0.1) is 18.7 Å². The van der Waals surface area contributed by atoms with Gasteiger partial charge in [-0.1, -0.05) is 6.92 Å². The molecule has 0 spiro atoms. The summed E-state index contributed by atoms with van der Waals surface area (Å²) in [6.07, 6.45) is 3.26. The molecule has 0 amide bonds. The summed E-state index contributed by atoms with van der Waals surface area (Å²) in [5, 5.41) is 9.53. The molecule has 6 nitrogen and oxygen atoms in total. The van der Waals surface area contributed by atoms with E-state index < -0.39 is 17.2 Å². The van der Waals surface area contributed by atoms with Crippen molar-refractivity contribution in [3.05, 3.63) is 39.4 Å². The van der Waals surface area contributed by atoms with Crippen molar-refractivity contribution < 1.29 is 14.3 Å². The van der Waals surface area contributed by atoms with E-state index in [-0.39, 0.29) is 46.9 Å². The molecular weight excluding hydrogens is 373 g/mol. The van der Waals surface area contributed by atoms with Crippen LogP contribution in [0.25, 0.3) is 10.9 Å². The van der Waals surface area contributed by atoms with Crippen molar-refractivity contribution in [3.8, 4) is 0 Å². The maximum absolute atomic E-state index is 15.1. The first-order valence-electron chi connectivity index (χ1n) is 8.91. The lowest BCUT2D eigenvalue weighted by atomic mass is 10.0. The van der Waals surface area contributed by atoms with E-state index in [1.54, 1.807) is 13.0 Å². The third-order valence-electron chi connectivity index (χ3n) is 5.66. The van der Waals surface area contributed by atoms with Crippen LogP contribution in [-0.2, 0) is 0 Å². The van der Waals surface area contributed by atoms with Crippen LogP contribution < -0.4 is 16.1 Å². The van der Waals surface area contributed by atoms with E-state index in [9.17, 15) is 14.7 Å². The minimum absolute atomic E-state index is 0. The highest BCUT2D eigenvalue weighted by Gasteiger charge is 2.32. The first-order chi connectivity index (χ1) is 12.3. The molecule has 2 atom stereocenters. The highest BCUT2D eigenvalue weighted by atomic mass is 35.5. The van der Waals surface area contributed by atoms with Crippen LogP contribution in [0.15, 0.2) is 17.1 Å². The molecule has 1 aromatic heterocycles. The highest BCUT2D eigenvalue weighted by Crippen LogP contribution is 2.39. The molecule has 146 valence electrons. The van der Waals surface area contributed by atoms with Crippen molar-refractivity contribution >= 4 is 35.0 Å². The number of aryl methyl sites for hydroxylation is 1. The standard InChI is InChI=1S/C19H22FN3O3.ClH/c1-9-6-22(8-13(9)21)15-5-14-16(10(2)17(15)20)18(24)12(19(25)26)7-23(14)11-3-4-11;/h5,7,9,11,13H,3-4,6,8,21H2,1-2H3,(H,25,26);1H. The molecule has 27 heavy (non-hydrogen) atoms. The number of nitrogens with zero attached hydrogens (tertiary/aromatic N) is 2. The molecule has 4 rings (SSSR count). The Balaban J connectivity index is 0.00000210. The maximum Gasteiger partial charge on any atom is 0.341 e. The van der Waals surface area contributed by atoms with Crippen molar-refractivity contribution in [1.82, 2.24) is 4.57 Å². The summed E-state index contributed by atoms with van der Waals surface area (Å²) >= 11 is 0. The van der Waals surface area contributed by atoms with E-state index in [0.29, 0.717) is 24.3 Å². The summed E-state index contributed by atoms with van der Waals surface area (Å²) in [5.41, 5.74) is 6.39. The van der Waals surface area contributed by atoms with Gasteiger partial charge in [0.2, 0.25) is 5.43 Å². The third-order valence-corrected chi connectivity index (χ3v) is 5.66. The van der Waals surface area contributed by atoms with Crippen molar-refractivity contribution in [1.29, 1.82) is 0 Å². The molecule has 2 fully saturated rings. The van der Waals surface area contributed by atoms with Crippen LogP contribution in [0.1, 0.15) is 41.7 Å². The predicted molar refractivity (Wildman–Crippen MR) is 105 cm³/mol. The summed E-state index contributed by atoms with van der Waals surface area (Å²) in [5.74, 6) is -1.50. The summed E-state index contributed by atoms with van der Waals surface area (Å²) in [6.45, 7) is 4.80. The lowest BCUT2D eigenvalue weighted by molar-refractivity contribution is 0.0695. The lowest BCUT2D eigenvalue weighted by Gasteiger charge is -2.22. The zero-order chi connectivity index (χ0) is 18.7. The van der Waals surface area contributed by atoms with Gasteiger partial charge in [0.15, 0.2) is 0 Å². The Labute approximate surface area is 162 Å². The fourth-order valence-corrected chi connectivity index (χ4v) is 3.88. The molecular formula is C19H23ClFN3O3. The van der Waals surface area contributed by atoms with Gasteiger partial charge >= 0.3 is 5.97 Å². The van der Waals surface area contributed by atoms with Gasteiger partial charge in [-0.25, -0.2) is 9.18 Å². The van der Waals surface area contributed by atoms with Crippen molar-refractivity contribution in [2.45, 2.75) is 38.8 Å². The average molecular weight is 396 g/mol. The monoisotopic (exact) mass is 395 g/mol. The molecule has 2 aliphatic rings. The number of anilines is 1. The number of aromatic carboxylic acids is 1. The fraction of sp³-hybridized carbons (Fsp3) is 0.474. The van der Waals surface area contributed by atoms with Crippen LogP contribution in [0.5, 0.6) is 0 Å². The van der Waals surface area contributed by atoms with Crippen LogP contribution in [0.2, 0.25) is 0 Å². The van der Waals surface area contributed by atoms with Gasteiger partial charge < -0.3 is 20.3 Å². The second kappa shape index (κ2) is 6.80. The Morgan fingerprint density at radius 3 is 2.52 bits per heavy atom. The number of rotatable bonds is 3. The number of pyridine rings is 1. The normalized spacial score (nSPS) is 22.1. The Hall–Kier alpha value is -2.12. The van der Waals surface area contributed by atoms with Gasteiger partial charge in [0.25, 0.3) is 0 Å². The van der Waals surface area contributed by atoms with Gasteiger partial charge in [0.05, 0.1) is 16.6 Å². The van der Waals surface area contributed by atoms with E-state index in [2.05, 4.69) is 0 Å². The average Bonchev–Trinajstić information content (AvgIpc) is 3.36. The summed E-state index contributed by atoms with van der Waals surface area (Å²) in [4.78, 5) is 26.1. The minimum atomic E-state index is -1.28. The van der Waals surface area contributed by atoms with Crippen molar-refractivity contribution in [2.24, 2.45) is 11.7 Å². The van der Waals surface area contributed by atoms with Gasteiger partial charge in [0, 0.05) is 36.9 Å². The fourth-order valence-electron chi connectivity index (χ4n) is 3.88. The predicted octanol–water partition coefficient (Wildman–Crippen LogP) is 2.69. The van der Waals surface area contributed by atoms with E-state index in [0.717, 1.165) is 12.8 Å². The topological polar surface area (TPSA) is 88.6 Å². The summed E-state index contributed by atoms with van der Waals surface area (Å²) in [7, 11) is 0. The smallest absolute Gasteiger partial charge is 0.341 e. The number of carboxylic acid groups (broad SMARTS) is 1. The van der Waals surface area contributed by atoms with Gasteiger partial charge in [-0.05, 0) is 31.7 Å². The van der Waals surface area contributed by atoms with Gasteiger partial charge in [-0.15, -0.1) is 12.4 Å². The summed E-state index contributed by atoms with van der Waals surface area (Å²) < 4.78 is 16.9. The van der Waals surface area contributed by atoms with E-state index >= 15 is 4.39 Å².